The van der Waals surface area contributed by atoms with Crippen LogP contribution in [0.1, 0.15) is 363 Å². The lowest BCUT2D eigenvalue weighted by Gasteiger charge is -2.21. The summed E-state index contributed by atoms with van der Waals surface area (Å²) in [6, 6.07) is 0. The van der Waals surface area contributed by atoms with Gasteiger partial charge in [0.1, 0.15) is 19.3 Å². The van der Waals surface area contributed by atoms with Gasteiger partial charge in [-0.1, -0.05) is 312 Å². The lowest BCUT2D eigenvalue weighted by Crippen LogP contribution is -2.30. The van der Waals surface area contributed by atoms with Crippen LogP contribution in [0.2, 0.25) is 0 Å². The number of rotatable bonds is 70. The van der Waals surface area contributed by atoms with Gasteiger partial charge in [0.2, 0.25) is 0 Å². The number of hydrogen-bond acceptors (Lipinski definition) is 15. The molecule has 3 N–H and O–H groups in total. The molecule has 0 aliphatic heterocycles. The zero-order chi connectivity index (χ0) is 67.3. The predicted octanol–water partition coefficient (Wildman–Crippen LogP) is 20.6. The molecule has 5 atom stereocenters. The SMILES string of the molecule is CCCCCCCCCCCCCCC(=O)O[C@H](COC(=O)CCCCCCCCCC(C)C)COP(=O)(O)OC[C@H](O)COP(=O)(O)OC[C@@H](COC(=O)CCCCCCCCCCCCC(C)C)OC(=O)CCCCCCCCCCCCCCCC(C)C. The van der Waals surface area contributed by atoms with E-state index in [1.54, 1.807) is 0 Å². The molecule has 0 aromatic rings. The van der Waals surface area contributed by atoms with E-state index in [9.17, 15) is 43.2 Å². The lowest BCUT2D eigenvalue weighted by molar-refractivity contribution is -0.161. The Hall–Kier alpha value is -1.94. The first-order chi connectivity index (χ1) is 43.7. The van der Waals surface area contributed by atoms with Crippen LogP contribution in [-0.2, 0) is 65.4 Å². The molecule has 0 aromatic heterocycles. The van der Waals surface area contributed by atoms with Crippen molar-refractivity contribution in [1.82, 2.24) is 0 Å². The molecule has 0 aliphatic carbocycles. The Morgan fingerprint density at radius 1 is 0.297 bits per heavy atom. The van der Waals surface area contributed by atoms with Crippen molar-refractivity contribution in [2.75, 3.05) is 39.6 Å². The minimum atomic E-state index is -4.95. The second kappa shape index (κ2) is 62.8. The molecule has 0 aromatic carbocycles. The summed E-state index contributed by atoms with van der Waals surface area (Å²) in [5.41, 5.74) is 0. The monoisotopic (exact) mass is 1340 g/mol. The molecule has 0 amide bonds. The number of ether oxygens (including phenoxy) is 4. The topological polar surface area (TPSA) is 237 Å². The molecule has 0 spiro atoms. The fourth-order valence-electron chi connectivity index (χ4n) is 10.9. The van der Waals surface area contributed by atoms with Crippen LogP contribution in [0.5, 0.6) is 0 Å². The average Bonchev–Trinajstić information content (AvgIpc) is 2.98. The Morgan fingerprint density at radius 3 is 0.747 bits per heavy atom. The van der Waals surface area contributed by atoms with Gasteiger partial charge in [-0.3, -0.25) is 37.3 Å². The largest absolute Gasteiger partial charge is 0.472 e. The highest BCUT2D eigenvalue weighted by molar-refractivity contribution is 7.47. The molecule has 0 bridgehead atoms. The highest BCUT2D eigenvalue weighted by atomic mass is 31.2. The zero-order valence-corrected chi connectivity index (χ0v) is 61.1. The third-order valence-electron chi connectivity index (χ3n) is 16.6. The maximum absolute atomic E-state index is 13.0. The summed E-state index contributed by atoms with van der Waals surface area (Å²) in [4.78, 5) is 72.6. The number of aliphatic hydroxyl groups is 1. The number of unbranched alkanes of at least 4 members (excludes halogenated alkanes) is 38. The first kappa shape index (κ1) is 89.1. The van der Waals surface area contributed by atoms with E-state index in [0.29, 0.717) is 31.6 Å². The van der Waals surface area contributed by atoms with Gasteiger partial charge < -0.3 is 33.8 Å². The molecule has 0 saturated heterocycles. The molecule has 2 unspecified atom stereocenters. The van der Waals surface area contributed by atoms with Crippen LogP contribution in [0.25, 0.3) is 0 Å². The fourth-order valence-corrected chi connectivity index (χ4v) is 12.5. The standard InChI is InChI=1S/C72H140O17P2/c1-8-9-10-11-12-13-14-19-26-33-41-48-55-71(76)89-68(60-83-70(75)54-47-40-35-28-31-38-45-52-65(6)7)62-87-91(80,81)85-58-66(73)57-84-90(78,79)86-61-67(59-82-69(74)53-46-39-32-25-22-21-24-30-37-44-51-64(4)5)88-72(77)56-49-42-34-27-20-17-15-16-18-23-29-36-43-50-63(2)3/h63-68,73H,8-62H2,1-7H3,(H,78,79)(H,80,81)/t66-,67-,68-/m1/s1. The van der Waals surface area contributed by atoms with Crippen molar-refractivity contribution in [1.29, 1.82) is 0 Å². The van der Waals surface area contributed by atoms with Gasteiger partial charge in [-0.25, -0.2) is 9.13 Å². The van der Waals surface area contributed by atoms with Crippen molar-refractivity contribution >= 4 is 39.5 Å². The molecule has 17 nitrogen and oxygen atoms in total. The summed E-state index contributed by atoms with van der Waals surface area (Å²) in [7, 11) is -9.90. The Labute approximate surface area is 556 Å². The molecule has 91 heavy (non-hydrogen) atoms. The highest BCUT2D eigenvalue weighted by Crippen LogP contribution is 2.45. The number of phosphoric ester groups is 2. The quantitative estimate of drug-likeness (QED) is 0.0222. The van der Waals surface area contributed by atoms with E-state index in [1.165, 1.54) is 167 Å². The van der Waals surface area contributed by atoms with Gasteiger partial charge in [-0.2, -0.15) is 0 Å². The Balaban J connectivity index is 5.25. The van der Waals surface area contributed by atoms with E-state index >= 15 is 0 Å². The average molecular weight is 1340 g/mol. The van der Waals surface area contributed by atoms with Gasteiger partial charge in [-0.05, 0) is 43.4 Å². The Bertz CT molecular complexity index is 1780. The van der Waals surface area contributed by atoms with Gasteiger partial charge >= 0.3 is 39.5 Å². The van der Waals surface area contributed by atoms with Gasteiger partial charge in [0.15, 0.2) is 12.2 Å². The minimum Gasteiger partial charge on any atom is -0.462 e. The summed E-state index contributed by atoms with van der Waals surface area (Å²) in [5, 5.41) is 10.6. The lowest BCUT2D eigenvalue weighted by atomic mass is 10.0. The zero-order valence-electron chi connectivity index (χ0n) is 59.3. The smallest absolute Gasteiger partial charge is 0.462 e. The normalized spacial score (nSPS) is 14.2. The number of carbonyl (C=O) groups is 4. The van der Waals surface area contributed by atoms with E-state index in [4.69, 9.17) is 37.0 Å². The van der Waals surface area contributed by atoms with Crippen LogP contribution < -0.4 is 0 Å². The summed E-state index contributed by atoms with van der Waals surface area (Å²) in [5.74, 6) is 0.127. The Morgan fingerprint density at radius 2 is 0.505 bits per heavy atom. The summed E-state index contributed by atoms with van der Waals surface area (Å²) < 4.78 is 68.4. The summed E-state index contributed by atoms with van der Waals surface area (Å²) in [6.07, 6.45) is 47.2. The molecule has 540 valence electrons. The van der Waals surface area contributed by atoms with Crippen LogP contribution in [0.3, 0.4) is 0 Å². The van der Waals surface area contributed by atoms with Crippen LogP contribution in [-0.4, -0.2) is 96.7 Å². The molecular formula is C72H140O17P2. The van der Waals surface area contributed by atoms with Crippen molar-refractivity contribution in [2.45, 2.75) is 381 Å². The molecular weight excluding hydrogens is 1200 g/mol. The minimum absolute atomic E-state index is 0.106. The third-order valence-corrected chi connectivity index (χ3v) is 18.5. The van der Waals surface area contributed by atoms with Gasteiger partial charge in [0, 0.05) is 25.7 Å². The summed E-state index contributed by atoms with van der Waals surface area (Å²) >= 11 is 0. The molecule has 0 radical (unpaired) electrons. The van der Waals surface area contributed by atoms with E-state index in [-0.39, 0.29) is 25.7 Å². The fraction of sp³-hybridized carbons (Fsp3) is 0.944. The first-order valence-electron chi connectivity index (χ1n) is 37.3. The van der Waals surface area contributed by atoms with Gasteiger partial charge in [-0.15, -0.1) is 0 Å². The number of esters is 4. The van der Waals surface area contributed by atoms with Crippen molar-refractivity contribution in [2.24, 2.45) is 17.8 Å². The maximum atomic E-state index is 13.0. The van der Waals surface area contributed by atoms with Crippen molar-refractivity contribution in [3.05, 3.63) is 0 Å². The van der Waals surface area contributed by atoms with E-state index in [1.807, 2.05) is 0 Å². The van der Waals surface area contributed by atoms with Crippen LogP contribution in [0.4, 0.5) is 0 Å². The number of carbonyl (C=O) groups excluding carboxylic acids is 4. The molecule has 0 rings (SSSR count). The van der Waals surface area contributed by atoms with E-state index in [0.717, 1.165) is 108 Å². The molecule has 19 heteroatoms. The van der Waals surface area contributed by atoms with Crippen LogP contribution in [0, 0.1) is 17.8 Å². The van der Waals surface area contributed by atoms with E-state index in [2.05, 4.69) is 48.5 Å². The number of phosphoric acid groups is 2. The molecule has 0 aliphatic rings. The van der Waals surface area contributed by atoms with Gasteiger partial charge in [0.05, 0.1) is 26.4 Å². The Kier molecular flexibility index (Phi) is 61.5. The van der Waals surface area contributed by atoms with E-state index < -0.39 is 97.5 Å². The predicted molar refractivity (Wildman–Crippen MR) is 368 cm³/mol. The number of aliphatic hydroxyl groups excluding tert-OH is 1. The van der Waals surface area contributed by atoms with Crippen LogP contribution in [0.15, 0.2) is 0 Å². The summed E-state index contributed by atoms with van der Waals surface area (Å²) in [6.45, 7) is 11.8. The first-order valence-corrected chi connectivity index (χ1v) is 40.3. The third kappa shape index (κ3) is 66.5. The number of hydrogen-bond donors (Lipinski definition) is 3. The second-order valence-corrected chi connectivity index (χ2v) is 30.3. The van der Waals surface area contributed by atoms with Crippen molar-refractivity contribution in [3.63, 3.8) is 0 Å². The molecule has 0 heterocycles. The van der Waals surface area contributed by atoms with Crippen LogP contribution >= 0.6 is 15.6 Å². The molecule has 0 fully saturated rings. The van der Waals surface area contributed by atoms with Crippen molar-refractivity contribution < 1.29 is 80.2 Å². The highest BCUT2D eigenvalue weighted by Gasteiger charge is 2.30. The second-order valence-electron chi connectivity index (χ2n) is 27.4. The van der Waals surface area contributed by atoms with Crippen molar-refractivity contribution in [3.8, 4) is 0 Å². The van der Waals surface area contributed by atoms with Gasteiger partial charge in [0.25, 0.3) is 0 Å². The maximum Gasteiger partial charge on any atom is 0.472 e. The molecule has 0 saturated carbocycles.